The summed E-state index contributed by atoms with van der Waals surface area (Å²) in [5.74, 6) is 0. The number of ether oxygens (including phenoxy) is 3. The van der Waals surface area contributed by atoms with E-state index in [0.29, 0.717) is 37.1 Å². The monoisotopic (exact) mass is 273 g/mol. The van der Waals surface area contributed by atoms with Gasteiger partial charge in [-0.05, 0) is 18.6 Å². The summed E-state index contributed by atoms with van der Waals surface area (Å²) in [5.41, 5.74) is 7.30. The van der Waals surface area contributed by atoms with Gasteiger partial charge < -0.3 is 19.9 Å². The van der Waals surface area contributed by atoms with Crippen LogP contribution in [0.5, 0.6) is 0 Å². The topological polar surface area (TPSA) is 53.7 Å². The lowest BCUT2D eigenvalue weighted by Gasteiger charge is -2.09. The molecule has 0 aliphatic heterocycles. The van der Waals surface area contributed by atoms with Gasteiger partial charge in [0.05, 0.1) is 19.8 Å². The summed E-state index contributed by atoms with van der Waals surface area (Å²) in [7, 11) is 1.68. The predicted octanol–water partition coefficient (Wildman–Crippen LogP) is 2.49. The molecule has 102 valence electrons. The molecule has 0 aliphatic rings. The number of rotatable bonds is 9. The molecule has 5 heteroatoms. The van der Waals surface area contributed by atoms with Crippen molar-refractivity contribution >= 4 is 17.3 Å². The second-order valence-corrected chi connectivity index (χ2v) is 4.23. The minimum atomic E-state index is 0.410. The highest BCUT2D eigenvalue weighted by Crippen LogP contribution is 2.22. The summed E-state index contributed by atoms with van der Waals surface area (Å²) in [6.07, 6.45) is 0.897. The van der Waals surface area contributed by atoms with Crippen molar-refractivity contribution in [3.8, 4) is 0 Å². The van der Waals surface area contributed by atoms with Crippen LogP contribution >= 0.6 is 11.6 Å². The number of nitrogens with two attached hydrogens (primary N) is 1. The third kappa shape index (κ3) is 5.69. The third-order valence-electron chi connectivity index (χ3n) is 2.41. The Morgan fingerprint density at radius 1 is 1.11 bits per heavy atom. The van der Waals surface area contributed by atoms with Gasteiger partial charge in [0, 0.05) is 36.6 Å². The van der Waals surface area contributed by atoms with Crippen LogP contribution in [0, 0.1) is 0 Å². The summed E-state index contributed by atoms with van der Waals surface area (Å²) in [5, 5.41) is 0.635. The molecular weight excluding hydrogens is 254 g/mol. The molecule has 0 amide bonds. The van der Waals surface area contributed by atoms with Crippen molar-refractivity contribution in [2.75, 3.05) is 39.3 Å². The van der Waals surface area contributed by atoms with Gasteiger partial charge in [-0.15, -0.1) is 0 Å². The summed E-state index contributed by atoms with van der Waals surface area (Å²) < 4.78 is 15.7. The van der Waals surface area contributed by atoms with Gasteiger partial charge in [-0.25, -0.2) is 0 Å². The van der Waals surface area contributed by atoms with Gasteiger partial charge in [0.2, 0.25) is 0 Å². The number of halogens is 1. The SMILES string of the molecule is COCCCOCCOCc1c(N)cccc1Cl. The van der Waals surface area contributed by atoms with Gasteiger partial charge in [-0.2, -0.15) is 0 Å². The molecule has 0 radical (unpaired) electrons. The van der Waals surface area contributed by atoms with Gasteiger partial charge >= 0.3 is 0 Å². The van der Waals surface area contributed by atoms with Crippen LogP contribution in [0.15, 0.2) is 18.2 Å². The minimum Gasteiger partial charge on any atom is -0.398 e. The molecule has 1 rings (SSSR count). The van der Waals surface area contributed by atoms with Crippen LogP contribution in [0.3, 0.4) is 0 Å². The van der Waals surface area contributed by atoms with E-state index in [-0.39, 0.29) is 0 Å². The molecular formula is C13H20ClNO3. The number of nitrogen functional groups attached to an aromatic ring is 1. The number of hydrogen-bond donors (Lipinski definition) is 1. The first-order valence-electron chi connectivity index (χ1n) is 5.93. The summed E-state index contributed by atoms with van der Waals surface area (Å²) >= 11 is 6.02. The molecule has 18 heavy (non-hydrogen) atoms. The predicted molar refractivity (Wildman–Crippen MR) is 72.8 cm³/mol. The van der Waals surface area contributed by atoms with Gasteiger partial charge in [0.15, 0.2) is 0 Å². The molecule has 2 N–H and O–H groups in total. The van der Waals surface area contributed by atoms with Crippen molar-refractivity contribution in [2.45, 2.75) is 13.0 Å². The Morgan fingerprint density at radius 3 is 2.61 bits per heavy atom. The first kappa shape index (κ1) is 15.2. The van der Waals surface area contributed by atoms with Crippen LogP contribution in [0.2, 0.25) is 5.02 Å². The van der Waals surface area contributed by atoms with Gasteiger partial charge in [0.1, 0.15) is 0 Å². The number of anilines is 1. The molecule has 0 aliphatic carbocycles. The maximum atomic E-state index is 6.02. The van der Waals surface area contributed by atoms with E-state index in [1.165, 1.54) is 0 Å². The quantitative estimate of drug-likeness (QED) is 0.555. The van der Waals surface area contributed by atoms with Crippen LogP contribution in [0.1, 0.15) is 12.0 Å². The average molecular weight is 274 g/mol. The van der Waals surface area contributed by atoms with Crippen molar-refractivity contribution in [1.82, 2.24) is 0 Å². The standard InChI is InChI=1S/C13H20ClNO3/c1-16-6-3-7-17-8-9-18-10-11-12(14)4-2-5-13(11)15/h2,4-5H,3,6-10,15H2,1H3. The first-order chi connectivity index (χ1) is 8.75. The number of methoxy groups -OCH3 is 1. The molecule has 1 aromatic rings. The lowest BCUT2D eigenvalue weighted by Crippen LogP contribution is -2.07. The van der Waals surface area contributed by atoms with Crippen LogP contribution in [-0.4, -0.2) is 33.5 Å². The van der Waals surface area contributed by atoms with Crippen molar-refractivity contribution in [2.24, 2.45) is 0 Å². The summed E-state index contributed by atoms with van der Waals surface area (Å²) in [6, 6.07) is 5.43. The highest BCUT2D eigenvalue weighted by Gasteiger charge is 2.03. The Balaban J connectivity index is 2.11. The van der Waals surface area contributed by atoms with E-state index >= 15 is 0 Å². The number of hydrogen-bond acceptors (Lipinski definition) is 4. The van der Waals surface area contributed by atoms with E-state index in [9.17, 15) is 0 Å². The van der Waals surface area contributed by atoms with Gasteiger partial charge in [0.25, 0.3) is 0 Å². The third-order valence-corrected chi connectivity index (χ3v) is 2.76. The maximum Gasteiger partial charge on any atom is 0.0752 e. The van der Waals surface area contributed by atoms with Gasteiger partial charge in [-0.3, -0.25) is 0 Å². The van der Waals surface area contributed by atoms with Crippen LogP contribution < -0.4 is 5.73 Å². The number of benzene rings is 1. The molecule has 4 nitrogen and oxygen atoms in total. The Labute approximate surface area is 113 Å². The Morgan fingerprint density at radius 2 is 1.89 bits per heavy atom. The van der Waals surface area contributed by atoms with Crippen molar-refractivity contribution < 1.29 is 14.2 Å². The Kier molecular flexibility index (Phi) is 7.76. The minimum absolute atomic E-state index is 0.410. The lowest BCUT2D eigenvalue weighted by molar-refractivity contribution is 0.0338. The zero-order valence-corrected chi connectivity index (χ0v) is 11.4. The first-order valence-corrected chi connectivity index (χ1v) is 6.30. The zero-order chi connectivity index (χ0) is 13.2. The van der Waals surface area contributed by atoms with Crippen molar-refractivity contribution in [3.05, 3.63) is 28.8 Å². The average Bonchev–Trinajstić information content (AvgIpc) is 2.35. The molecule has 0 saturated carbocycles. The van der Waals surface area contributed by atoms with E-state index in [1.54, 1.807) is 13.2 Å². The van der Waals surface area contributed by atoms with Crippen LogP contribution in [0.4, 0.5) is 5.69 Å². The highest BCUT2D eigenvalue weighted by molar-refractivity contribution is 6.31. The molecule has 0 unspecified atom stereocenters. The van der Waals surface area contributed by atoms with E-state index in [0.717, 1.165) is 18.6 Å². The van der Waals surface area contributed by atoms with E-state index < -0.39 is 0 Å². The second kappa shape index (κ2) is 9.16. The van der Waals surface area contributed by atoms with Crippen molar-refractivity contribution in [1.29, 1.82) is 0 Å². The molecule has 0 fully saturated rings. The van der Waals surface area contributed by atoms with Gasteiger partial charge in [-0.1, -0.05) is 17.7 Å². The molecule has 0 spiro atoms. The molecule has 0 bridgehead atoms. The molecule has 0 atom stereocenters. The summed E-state index contributed by atoms with van der Waals surface area (Å²) in [4.78, 5) is 0. The summed E-state index contributed by atoms with van der Waals surface area (Å²) in [6.45, 7) is 2.90. The largest absolute Gasteiger partial charge is 0.398 e. The van der Waals surface area contributed by atoms with E-state index in [4.69, 9.17) is 31.5 Å². The van der Waals surface area contributed by atoms with E-state index in [1.807, 2.05) is 12.1 Å². The molecule has 0 heterocycles. The Bertz CT molecular complexity index is 327. The normalized spacial score (nSPS) is 10.8. The van der Waals surface area contributed by atoms with Crippen LogP contribution in [-0.2, 0) is 20.8 Å². The fourth-order valence-electron chi connectivity index (χ4n) is 1.43. The second-order valence-electron chi connectivity index (χ2n) is 3.82. The Hall–Kier alpha value is -0.810. The molecule has 1 aromatic carbocycles. The van der Waals surface area contributed by atoms with Crippen molar-refractivity contribution in [3.63, 3.8) is 0 Å². The molecule has 0 saturated heterocycles. The smallest absolute Gasteiger partial charge is 0.0752 e. The fraction of sp³-hybridized carbons (Fsp3) is 0.538. The lowest BCUT2D eigenvalue weighted by atomic mass is 10.2. The highest BCUT2D eigenvalue weighted by atomic mass is 35.5. The maximum absolute atomic E-state index is 6.02. The van der Waals surface area contributed by atoms with E-state index in [2.05, 4.69) is 0 Å². The molecule has 0 aromatic heterocycles. The van der Waals surface area contributed by atoms with Crippen LogP contribution in [0.25, 0.3) is 0 Å². The fourth-order valence-corrected chi connectivity index (χ4v) is 1.66. The zero-order valence-electron chi connectivity index (χ0n) is 10.7.